The Hall–Kier alpha value is -0.130. The first-order valence-electron chi connectivity index (χ1n) is 7.98. The third-order valence-electron chi connectivity index (χ3n) is 4.91. The summed E-state index contributed by atoms with van der Waals surface area (Å²) >= 11 is 0. The SMILES string of the molecule is CCC1(CC)CN(CCS(=O)(=O)CC)C(C(C)C)CN1. The summed E-state index contributed by atoms with van der Waals surface area (Å²) in [6.07, 6.45) is 2.18. The number of nitrogens with zero attached hydrogens (tertiary/aromatic N) is 1. The molecule has 0 radical (unpaired) electrons. The largest absolute Gasteiger partial charge is 0.308 e. The fourth-order valence-electron chi connectivity index (χ4n) is 3.04. The number of nitrogens with one attached hydrogen (secondary N) is 1. The van der Waals surface area contributed by atoms with E-state index in [0.717, 1.165) is 25.9 Å². The first kappa shape index (κ1) is 17.9. The molecule has 0 aliphatic carbocycles. The van der Waals surface area contributed by atoms with Crippen molar-refractivity contribution in [2.24, 2.45) is 5.92 Å². The Morgan fingerprint density at radius 2 is 1.85 bits per heavy atom. The van der Waals surface area contributed by atoms with Gasteiger partial charge in [-0.1, -0.05) is 34.6 Å². The average molecular weight is 305 g/mol. The minimum absolute atomic E-state index is 0.154. The van der Waals surface area contributed by atoms with E-state index in [2.05, 4.69) is 37.9 Å². The van der Waals surface area contributed by atoms with Crippen LogP contribution in [0.3, 0.4) is 0 Å². The molecule has 0 aromatic heterocycles. The predicted octanol–water partition coefficient (Wildman–Crippen LogP) is 1.91. The zero-order valence-corrected chi connectivity index (χ0v) is 14.6. The summed E-state index contributed by atoms with van der Waals surface area (Å²) in [5, 5.41) is 3.71. The molecule has 0 spiro atoms. The molecule has 20 heavy (non-hydrogen) atoms. The number of sulfone groups is 1. The van der Waals surface area contributed by atoms with Crippen LogP contribution in [0.4, 0.5) is 0 Å². The van der Waals surface area contributed by atoms with E-state index in [0.29, 0.717) is 18.5 Å². The van der Waals surface area contributed by atoms with Gasteiger partial charge >= 0.3 is 0 Å². The lowest BCUT2D eigenvalue weighted by molar-refractivity contribution is 0.0555. The smallest absolute Gasteiger partial charge is 0.151 e. The standard InChI is InChI=1S/C15H32N2O2S/c1-6-15(7-2)12-17(9-10-20(18,19)8-3)14(11-16-15)13(4)5/h13-14,16H,6-12H2,1-5H3. The van der Waals surface area contributed by atoms with Gasteiger partial charge in [0.15, 0.2) is 9.84 Å². The zero-order chi connectivity index (χ0) is 15.4. The van der Waals surface area contributed by atoms with E-state index >= 15 is 0 Å². The molecule has 1 atom stereocenters. The summed E-state index contributed by atoms with van der Waals surface area (Å²) in [6, 6.07) is 0.438. The highest BCUT2D eigenvalue weighted by Gasteiger charge is 2.37. The van der Waals surface area contributed by atoms with Crippen molar-refractivity contribution in [3.63, 3.8) is 0 Å². The lowest BCUT2D eigenvalue weighted by Crippen LogP contribution is -2.65. The first-order valence-corrected chi connectivity index (χ1v) is 9.80. The van der Waals surface area contributed by atoms with Gasteiger partial charge in [0.1, 0.15) is 0 Å². The summed E-state index contributed by atoms with van der Waals surface area (Å²) in [7, 11) is -2.88. The number of rotatable bonds is 7. The summed E-state index contributed by atoms with van der Waals surface area (Å²) in [4.78, 5) is 2.40. The van der Waals surface area contributed by atoms with Gasteiger partial charge < -0.3 is 5.32 Å². The molecule has 1 unspecified atom stereocenters. The molecular formula is C15H32N2O2S. The molecule has 0 amide bonds. The normalized spacial score (nSPS) is 24.2. The second kappa shape index (κ2) is 7.23. The van der Waals surface area contributed by atoms with E-state index in [1.54, 1.807) is 6.92 Å². The molecule has 1 aliphatic rings. The summed E-state index contributed by atoms with van der Waals surface area (Å²) in [6.45, 7) is 13.2. The third kappa shape index (κ3) is 4.43. The van der Waals surface area contributed by atoms with Crippen LogP contribution in [0.2, 0.25) is 0 Å². The van der Waals surface area contributed by atoms with Gasteiger partial charge in [-0.3, -0.25) is 4.90 Å². The van der Waals surface area contributed by atoms with Gasteiger partial charge in [0.2, 0.25) is 0 Å². The molecule has 0 saturated carbocycles. The molecule has 0 aromatic rings. The molecule has 1 rings (SSSR count). The van der Waals surface area contributed by atoms with Crippen LogP contribution >= 0.6 is 0 Å². The Labute approximate surface area is 125 Å². The highest BCUT2D eigenvalue weighted by Crippen LogP contribution is 2.25. The Kier molecular flexibility index (Phi) is 6.48. The van der Waals surface area contributed by atoms with Gasteiger partial charge in [-0.15, -0.1) is 0 Å². The predicted molar refractivity (Wildman–Crippen MR) is 85.8 cm³/mol. The molecule has 4 nitrogen and oxygen atoms in total. The molecule has 1 fully saturated rings. The van der Waals surface area contributed by atoms with E-state index in [4.69, 9.17) is 0 Å². The molecule has 0 aromatic carbocycles. The maximum atomic E-state index is 11.8. The van der Waals surface area contributed by atoms with Crippen LogP contribution in [0, 0.1) is 5.92 Å². The summed E-state index contributed by atoms with van der Waals surface area (Å²) in [5.74, 6) is 1.08. The quantitative estimate of drug-likeness (QED) is 0.780. The molecule has 1 aliphatic heterocycles. The number of hydrogen-bond acceptors (Lipinski definition) is 4. The van der Waals surface area contributed by atoms with Gasteiger partial charge in [0, 0.05) is 37.0 Å². The van der Waals surface area contributed by atoms with Crippen LogP contribution in [0.15, 0.2) is 0 Å². The Morgan fingerprint density at radius 3 is 2.30 bits per heavy atom. The first-order chi connectivity index (χ1) is 9.29. The van der Waals surface area contributed by atoms with E-state index in [1.165, 1.54) is 0 Å². The second-order valence-corrected chi connectivity index (χ2v) is 8.86. The maximum absolute atomic E-state index is 11.8. The Balaban J connectivity index is 2.79. The van der Waals surface area contributed by atoms with Crippen molar-refractivity contribution < 1.29 is 8.42 Å². The minimum atomic E-state index is -2.88. The second-order valence-electron chi connectivity index (χ2n) is 6.39. The van der Waals surface area contributed by atoms with E-state index in [-0.39, 0.29) is 17.0 Å². The van der Waals surface area contributed by atoms with Gasteiger partial charge in [0.05, 0.1) is 5.75 Å². The van der Waals surface area contributed by atoms with E-state index in [1.807, 2.05) is 0 Å². The number of hydrogen-bond donors (Lipinski definition) is 1. The Bertz CT molecular complexity index is 389. The van der Waals surface area contributed by atoms with Gasteiger partial charge in [-0.25, -0.2) is 8.42 Å². The summed E-state index contributed by atoms with van der Waals surface area (Å²) < 4.78 is 23.6. The minimum Gasteiger partial charge on any atom is -0.308 e. The molecule has 1 saturated heterocycles. The lowest BCUT2D eigenvalue weighted by Gasteiger charge is -2.49. The van der Waals surface area contributed by atoms with E-state index < -0.39 is 9.84 Å². The topological polar surface area (TPSA) is 49.4 Å². The van der Waals surface area contributed by atoms with Crippen LogP contribution in [0.1, 0.15) is 47.5 Å². The van der Waals surface area contributed by atoms with Crippen molar-refractivity contribution in [3.05, 3.63) is 0 Å². The molecule has 1 N–H and O–H groups in total. The number of piperazine rings is 1. The highest BCUT2D eigenvalue weighted by molar-refractivity contribution is 7.91. The van der Waals surface area contributed by atoms with Crippen LogP contribution in [-0.4, -0.2) is 56.0 Å². The monoisotopic (exact) mass is 304 g/mol. The zero-order valence-electron chi connectivity index (χ0n) is 13.8. The van der Waals surface area contributed by atoms with Crippen molar-refractivity contribution in [3.8, 4) is 0 Å². The van der Waals surface area contributed by atoms with Crippen LogP contribution in [0.5, 0.6) is 0 Å². The van der Waals surface area contributed by atoms with Gasteiger partial charge in [-0.2, -0.15) is 0 Å². The van der Waals surface area contributed by atoms with Crippen molar-refractivity contribution in [2.75, 3.05) is 31.1 Å². The molecular weight excluding hydrogens is 272 g/mol. The maximum Gasteiger partial charge on any atom is 0.151 e. The van der Waals surface area contributed by atoms with Crippen LogP contribution in [0.25, 0.3) is 0 Å². The van der Waals surface area contributed by atoms with E-state index in [9.17, 15) is 8.42 Å². The van der Waals surface area contributed by atoms with Crippen molar-refractivity contribution in [2.45, 2.75) is 59.0 Å². The molecule has 5 heteroatoms. The van der Waals surface area contributed by atoms with Crippen LogP contribution in [-0.2, 0) is 9.84 Å². The molecule has 120 valence electrons. The molecule has 0 bridgehead atoms. The third-order valence-corrected chi connectivity index (χ3v) is 6.60. The fraction of sp³-hybridized carbons (Fsp3) is 1.00. The van der Waals surface area contributed by atoms with Gasteiger partial charge in [-0.05, 0) is 18.8 Å². The van der Waals surface area contributed by atoms with Crippen molar-refractivity contribution in [1.82, 2.24) is 10.2 Å². The van der Waals surface area contributed by atoms with Crippen molar-refractivity contribution in [1.29, 1.82) is 0 Å². The fourth-order valence-corrected chi connectivity index (χ4v) is 3.84. The lowest BCUT2D eigenvalue weighted by atomic mass is 9.86. The molecule has 1 heterocycles. The van der Waals surface area contributed by atoms with Crippen molar-refractivity contribution >= 4 is 9.84 Å². The van der Waals surface area contributed by atoms with Crippen LogP contribution < -0.4 is 5.32 Å². The average Bonchev–Trinajstić information content (AvgIpc) is 2.44. The highest BCUT2D eigenvalue weighted by atomic mass is 32.2. The summed E-state index contributed by atoms with van der Waals surface area (Å²) in [5.41, 5.74) is 0.154. The Morgan fingerprint density at radius 1 is 1.25 bits per heavy atom. The van der Waals surface area contributed by atoms with Gasteiger partial charge in [0.25, 0.3) is 0 Å².